The largest absolute Gasteiger partial charge is 0.381 e. The minimum absolute atomic E-state index is 0.0385. The highest BCUT2D eigenvalue weighted by atomic mass is 16.6. The molecule has 26 nitrogen and oxygen atoms in total. The Kier molecular flexibility index (Phi) is 64.8. The van der Waals surface area contributed by atoms with Crippen molar-refractivity contribution in [3.05, 3.63) is 0 Å². The van der Waals surface area contributed by atoms with Gasteiger partial charge in [-0.15, -0.1) is 0 Å². The molecule has 0 aliphatic rings. The van der Waals surface area contributed by atoms with E-state index in [1.54, 1.807) is 62.3 Å². The van der Waals surface area contributed by atoms with E-state index in [0.29, 0.717) is 78.7 Å². The normalized spacial score (nSPS) is 14.0. The van der Waals surface area contributed by atoms with Crippen molar-refractivity contribution in [1.29, 1.82) is 0 Å². The molecule has 0 saturated carbocycles. The first kappa shape index (κ1) is 156. The second-order valence-electron chi connectivity index (χ2n) is 63.4. The molecule has 0 aliphatic heterocycles. The van der Waals surface area contributed by atoms with Gasteiger partial charge in [-0.25, -0.2) is 0 Å². The molecule has 886 valence electrons. The Morgan fingerprint density at radius 2 is 0.430 bits per heavy atom. The topological polar surface area (TPSA) is 317 Å². The van der Waals surface area contributed by atoms with Gasteiger partial charge in [0.15, 0.2) is 34.7 Å². The van der Waals surface area contributed by atoms with E-state index in [0.717, 1.165) is 39.3 Å². The SMILES string of the molecule is CC(C)(C)C(=O)CC(O)(CC(=O)C(C)(C)C)C(=O)C(C)(C)C.CC(C)(C)C(=O)CN(CCN(CC(=O)C(C)(C)C)CC(=O)C(C)(C)C)CCN(CC(=O)C(C)(C)C)CC(=O)C(C)(C)C.CC(C)(C)NC(CC(=O)C(C)(C)C)CC(=O)C(C)(C)C.CC(C)(C)NCCN(CCNC(C)(C)C)CCNC(C)(C)C.CC(C)(C)OCC(COC(C)(C)C)(COC(C)(C)C)COC(C)(C)C.CC(C)(C)OCC(COC(C)(C)C)OC(C)(C)C. The molecule has 0 radical (unpaired) electrons. The van der Waals surface area contributed by atoms with E-state index >= 15 is 0 Å². The minimum Gasteiger partial charge on any atom is -0.381 e. The highest BCUT2D eigenvalue weighted by molar-refractivity contribution is 6.01. The van der Waals surface area contributed by atoms with Crippen LogP contribution in [0.3, 0.4) is 0 Å². The summed E-state index contributed by atoms with van der Waals surface area (Å²) in [5, 5.41) is 25.1. The number of rotatable bonds is 48. The van der Waals surface area contributed by atoms with Crippen LogP contribution in [-0.2, 0) is 81.1 Å². The standard InChI is InChI=1S/C34H63N3O5.C21H44O4.C18H42N4.C18H32O4.C17H33NO2.C15H32O3/c1-30(2,3)25(38)20-35(16-18-36(21-26(39)31(4,5)6)22-27(40)32(7,8)9)17-19-37(23-28(41)33(10,11)12)24-29(42)34(13,14)15;1-17(2,3)22-13-21(14-23-18(4,5)6,15-24-19(7,8)9)16-25-20(10,11)12;1-16(2,3)19-10-13-22(14-11-20-17(4,5)6)15-12-21-18(7,8)9;1-15(2,3)12(19)10-18(22,14(21)17(7,8)9)11-13(20)16(4,5)6;1-15(2,3)13(19)10-12(18-17(7,8)9)11-14(20)16(4,5)6;1-13(2,3)16-10-12(18-15(7,8)9)11-17-14(4,5)6/h16-24H2,1-15H3;13-16H2,1-12H3;19-21H,10-15H2,1-9H3;22H,10-11H2,1-9H3;12,18H,10-11H2,1-9H3;12H,10-11H2,1-9H3. The van der Waals surface area contributed by atoms with Crippen molar-refractivity contribution in [3.8, 4) is 0 Å². The lowest BCUT2D eigenvalue weighted by atomic mass is 9.71. The zero-order valence-corrected chi connectivity index (χ0v) is 110. The predicted molar refractivity (Wildman–Crippen MR) is 625 cm³/mol. The number of hydrogen-bond acceptors (Lipinski definition) is 26. The Morgan fingerprint density at radius 3 is 0.604 bits per heavy atom. The molecule has 0 saturated heterocycles. The Morgan fingerprint density at radius 1 is 0.228 bits per heavy atom. The Balaban J connectivity index is -0.000000423. The van der Waals surface area contributed by atoms with E-state index in [1.165, 1.54) is 0 Å². The smallest absolute Gasteiger partial charge is 0.170 e. The zero-order chi connectivity index (χ0) is 120. The first-order valence-corrected chi connectivity index (χ1v) is 55.5. The predicted octanol–water partition coefficient (Wildman–Crippen LogP) is 23.6. The minimum atomic E-state index is -1.94. The van der Waals surface area contributed by atoms with Gasteiger partial charge in [0.25, 0.3) is 0 Å². The molecule has 5 N–H and O–H groups in total. The van der Waals surface area contributed by atoms with Crippen LogP contribution in [0.2, 0.25) is 0 Å². The fourth-order valence-electron chi connectivity index (χ4n) is 12.4. The number of hydrogen-bond donors (Lipinski definition) is 5. The van der Waals surface area contributed by atoms with Crippen LogP contribution in [0.1, 0.15) is 462 Å². The van der Waals surface area contributed by atoms with E-state index in [2.05, 4.69) is 192 Å². The van der Waals surface area contributed by atoms with Gasteiger partial charge in [0.2, 0.25) is 0 Å². The number of Topliss-reactive ketones (excluding diaryl/α,β-unsaturated/α-hetero) is 10. The maximum Gasteiger partial charge on any atom is 0.170 e. The molecule has 0 aliphatic carbocycles. The van der Waals surface area contributed by atoms with Crippen molar-refractivity contribution in [2.24, 2.45) is 59.6 Å². The number of ketones is 10. The summed E-state index contributed by atoms with van der Waals surface area (Å²) < 4.78 is 42.2. The van der Waals surface area contributed by atoms with Crippen LogP contribution in [0.15, 0.2) is 0 Å². The van der Waals surface area contributed by atoms with Crippen molar-refractivity contribution in [2.45, 2.75) is 541 Å². The third kappa shape index (κ3) is 88.7. The van der Waals surface area contributed by atoms with E-state index in [4.69, 9.17) is 33.2 Å². The van der Waals surface area contributed by atoms with Crippen molar-refractivity contribution < 1.29 is 86.2 Å². The monoisotopic (exact) mass is 2120 g/mol. The van der Waals surface area contributed by atoms with Crippen molar-refractivity contribution in [3.63, 3.8) is 0 Å². The Bertz CT molecular complexity index is 3580. The van der Waals surface area contributed by atoms with Gasteiger partial charge in [0.1, 0.15) is 34.8 Å². The molecule has 0 bridgehead atoms. The summed E-state index contributed by atoms with van der Waals surface area (Å²) in [5.41, 5.74) is -8.79. The van der Waals surface area contributed by atoms with Gasteiger partial charge in [-0.2, -0.15) is 0 Å². The van der Waals surface area contributed by atoms with Crippen LogP contribution in [0.4, 0.5) is 0 Å². The van der Waals surface area contributed by atoms with E-state index < -0.39 is 54.7 Å². The zero-order valence-electron chi connectivity index (χ0n) is 110. The lowest BCUT2D eigenvalue weighted by Gasteiger charge is -2.40. The molecule has 0 aromatic heterocycles. The van der Waals surface area contributed by atoms with Crippen molar-refractivity contribution in [1.82, 2.24) is 40.9 Å². The summed E-state index contributed by atoms with van der Waals surface area (Å²) in [5.74, 6) is -0.249. The molecule has 0 rings (SSSR count). The molecular formula is C123H246N8O18. The lowest BCUT2D eigenvalue weighted by molar-refractivity contribution is -0.181. The Hall–Kier alpha value is -3.94. The fourth-order valence-corrected chi connectivity index (χ4v) is 12.4. The van der Waals surface area contributed by atoms with E-state index in [1.807, 2.05) is 222 Å². The molecule has 0 atom stereocenters. The van der Waals surface area contributed by atoms with Gasteiger partial charge in [-0.05, 0) is 228 Å². The second-order valence-corrected chi connectivity index (χ2v) is 63.4. The third-order valence-electron chi connectivity index (χ3n) is 22.8. The average Bonchev–Trinajstić information content (AvgIpc) is 0.786. The fraction of sp³-hybridized carbons (Fsp3) is 0.919. The van der Waals surface area contributed by atoms with Gasteiger partial charge in [0, 0.05) is 173 Å². The summed E-state index contributed by atoms with van der Waals surface area (Å²) in [6, 6.07) is -0.0894. The van der Waals surface area contributed by atoms with Gasteiger partial charge < -0.3 is 59.5 Å². The third-order valence-corrected chi connectivity index (χ3v) is 22.8. The van der Waals surface area contributed by atoms with Crippen LogP contribution in [0, 0.1) is 59.6 Å². The van der Waals surface area contributed by atoms with Gasteiger partial charge >= 0.3 is 0 Å². The van der Waals surface area contributed by atoms with Gasteiger partial charge in [-0.3, -0.25) is 67.5 Å². The molecule has 0 aromatic carbocycles. The number of aliphatic hydroxyl groups is 1. The highest BCUT2D eigenvalue weighted by Gasteiger charge is 2.49. The quantitative estimate of drug-likeness (QED) is 0.0378. The lowest BCUT2D eigenvalue weighted by Crippen LogP contribution is -2.50. The van der Waals surface area contributed by atoms with Crippen molar-refractivity contribution in [2.75, 3.05) is 138 Å². The summed E-state index contributed by atoms with van der Waals surface area (Å²) in [7, 11) is 0. The molecule has 0 unspecified atom stereocenters. The molecule has 149 heavy (non-hydrogen) atoms. The second kappa shape index (κ2) is 62.0. The van der Waals surface area contributed by atoms with E-state index in [-0.39, 0.29) is 187 Å². The first-order valence-electron chi connectivity index (χ1n) is 55.5. The number of carbonyl (C=O) groups is 10. The van der Waals surface area contributed by atoms with Crippen LogP contribution in [-0.4, -0.2) is 299 Å². The van der Waals surface area contributed by atoms with Gasteiger partial charge in [0.05, 0.1) is 117 Å². The maximum atomic E-state index is 13.1. The van der Waals surface area contributed by atoms with E-state index in [9.17, 15) is 53.1 Å². The molecule has 0 aromatic rings. The summed E-state index contributed by atoms with van der Waals surface area (Å²) >= 11 is 0. The molecule has 0 amide bonds. The maximum absolute atomic E-state index is 13.1. The van der Waals surface area contributed by atoms with Crippen LogP contribution < -0.4 is 21.3 Å². The summed E-state index contributed by atoms with van der Waals surface area (Å²) in [4.78, 5) is 135. The molecule has 0 spiro atoms. The number of nitrogens with one attached hydrogen (secondary N) is 4. The van der Waals surface area contributed by atoms with Crippen LogP contribution >= 0.6 is 0 Å². The summed E-state index contributed by atoms with van der Waals surface area (Å²) in [6.07, 6.45) is 0.122. The van der Waals surface area contributed by atoms with Crippen LogP contribution in [0.5, 0.6) is 0 Å². The van der Waals surface area contributed by atoms with Crippen LogP contribution in [0.25, 0.3) is 0 Å². The number of nitrogens with zero attached hydrogens (tertiary/aromatic N) is 4. The van der Waals surface area contributed by atoms with Gasteiger partial charge in [-0.1, -0.05) is 208 Å². The number of ether oxygens (including phenoxy) is 7. The Labute approximate surface area is 918 Å². The number of carbonyl (C=O) groups excluding carboxylic acids is 10. The highest BCUT2D eigenvalue weighted by Crippen LogP contribution is 2.37. The first-order chi connectivity index (χ1) is 65.0. The molecule has 0 fully saturated rings. The van der Waals surface area contributed by atoms with Crippen molar-refractivity contribution >= 4 is 57.8 Å². The molecular weight excluding hydrogens is 1880 g/mol. The molecule has 0 heterocycles. The summed E-state index contributed by atoms with van der Waals surface area (Å²) in [6.45, 7) is 137. The molecule has 26 heteroatoms. The average molecular weight is 2130 g/mol.